The van der Waals surface area contributed by atoms with Crippen LogP contribution in [-0.4, -0.2) is 61.4 Å². The molecule has 1 N–H and O–H groups in total. The first kappa shape index (κ1) is 48.9. The van der Waals surface area contributed by atoms with E-state index >= 15 is 0 Å². The molecular formula is C44H87NO5. The van der Waals surface area contributed by atoms with Crippen molar-refractivity contribution in [3.63, 3.8) is 0 Å². The molecule has 0 aliphatic heterocycles. The zero-order valence-corrected chi connectivity index (χ0v) is 34.7. The van der Waals surface area contributed by atoms with E-state index in [2.05, 4.69) is 25.7 Å². The summed E-state index contributed by atoms with van der Waals surface area (Å²) in [5.41, 5.74) is -0.821. The third-order valence-electron chi connectivity index (χ3n) is 10.7. The predicted molar refractivity (Wildman–Crippen MR) is 214 cm³/mol. The van der Waals surface area contributed by atoms with Crippen molar-refractivity contribution in [1.82, 2.24) is 4.90 Å². The number of hydrogen-bond acceptors (Lipinski definition) is 6. The Morgan fingerprint density at radius 2 is 0.900 bits per heavy atom. The highest BCUT2D eigenvalue weighted by Crippen LogP contribution is 2.27. The van der Waals surface area contributed by atoms with E-state index in [1.165, 1.54) is 83.5 Å². The van der Waals surface area contributed by atoms with Gasteiger partial charge in [-0.1, -0.05) is 143 Å². The molecule has 0 aromatic carbocycles. The first-order valence-corrected chi connectivity index (χ1v) is 21.7. The molecule has 6 heteroatoms. The number of carbonyl (C=O) groups is 2. The van der Waals surface area contributed by atoms with Gasteiger partial charge in [0.1, 0.15) is 0 Å². The second-order valence-corrected chi connectivity index (χ2v) is 16.7. The highest BCUT2D eigenvalue weighted by molar-refractivity contribution is 5.76. The van der Waals surface area contributed by atoms with Crippen LogP contribution in [0.4, 0.5) is 0 Å². The monoisotopic (exact) mass is 710 g/mol. The molecule has 0 fully saturated rings. The summed E-state index contributed by atoms with van der Waals surface area (Å²) in [6, 6.07) is 0. The molecule has 0 aromatic rings. The number of aliphatic hydroxyl groups is 1. The molecule has 0 unspecified atom stereocenters. The van der Waals surface area contributed by atoms with Gasteiger partial charge in [-0.25, -0.2) is 0 Å². The average molecular weight is 710 g/mol. The average Bonchev–Trinajstić information content (AvgIpc) is 3.08. The lowest BCUT2D eigenvalue weighted by Crippen LogP contribution is -2.28. The van der Waals surface area contributed by atoms with Crippen molar-refractivity contribution in [2.45, 2.75) is 215 Å². The minimum atomic E-state index is -0.413. The third kappa shape index (κ3) is 27.5. The third-order valence-corrected chi connectivity index (χ3v) is 10.7. The number of carbonyl (C=O) groups excluding carboxylic acids is 2. The van der Waals surface area contributed by atoms with Crippen LogP contribution in [0.15, 0.2) is 0 Å². The Hall–Kier alpha value is -1.14. The number of unbranched alkanes of at least 4 members (excludes halogenated alkanes) is 14. The molecule has 298 valence electrons. The summed E-state index contributed by atoms with van der Waals surface area (Å²) in [5.74, 6) is 0.796. The lowest BCUT2D eigenvalue weighted by atomic mass is 9.87. The van der Waals surface area contributed by atoms with Crippen molar-refractivity contribution in [2.24, 2.45) is 16.7 Å². The molecule has 0 rings (SSSR count). The standard InChI is InChI=1S/C44H87NO5/c1-8-11-12-13-14-19-26-38-49-41(47)43(4,5)32-22-15-17-24-34-45(36-28-37-46)35-25-18-16-23-33-44(6,7)42(48)50-39-27-20-21-31-40(29-9-2)30-10-3/h40,46H,8-39H2,1-7H3. The van der Waals surface area contributed by atoms with Crippen LogP contribution in [0.3, 0.4) is 0 Å². The Morgan fingerprint density at radius 3 is 1.36 bits per heavy atom. The van der Waals surface area contributed by atoms with Crippen LogP contribution in [0.2, 0.25) is 0 Å². The van der Waals surface area contributed by atoms with Crippen LogP contribution in [-0.2, 0) is 19.1 Å². The summed E-state index contributed by atoms with van der Waals surface area (Å²) in [7, 11) is 0. The number of esters is 2. The molecule has 0 radical (unpaired) electrons. The fourth-order valence-electron chi connectivity index (χ4n) is 7.09. The fraction of sp³-hybridized carbons (Fsp3) is 0.955. The van der Waals surface area contributed by atoms with Gasteiger partial charge in [0.2, 0.25) is 0 Å². The van der Waals surface area contributed by atoms with E-state index in [1.807, 2.05) is 27.7 Å². The molecule has 0 aliphatic carbocycles. The first-order chi connectivity index (χ1) is 24.0. The van der Waals surface area contributed by atoms with E-state index in [-0.39, 0.29) is 18.5 Å². The number of aliphatic hydroxyl groups excluding tert-OH is 1. The summed E-state index contributed by atoms with van der Waals surface area (Å²) < 4.78 is 11.3. The maximum Gasteiger partial charge on any atom is 0.311 e. The molecule has 0 saturated heterocycles. The molecule has 6 nitrogen and oxygen atoms in total. The van der Waals surface area contributed by atoms with Crippen LogP contribution in [0.1, 0.15) is 215 Å². The van der Waals surface area contributed by atoms with Crippen molar-refractivity contribution in [2.75, 3.05) is 39.5 Å². The van der Waals surface area contributed by atoms with Gasteiger partial charge in [-0.15, -0.1) is 0 Å². The fourth-order valence-corrected chi connectivity index (χ4v) is 7.09. The molecule has 0 aromatic heterocycles. The van der Waals surface area contributed by atoms with E-state index in [4.69, 9.17) is 9.47 Å². The van der Waals surface area contributed by atoms with Gasteiger partial charge in [0.15, 0.2) is 0 Å². The van der Waals surface area contributed by atoms with E-state index in [0.717, 1.165) is 109 Å². The summed E-state index contributed by atoms with van der Waals surface area (Å²) in [4.78, 5) is 27.9. The number of hydrogen-bond donors (Lipinski definition) is 1. The summed E-state index contributed by atoms with van der Waals surface area (Å²) in [6.07, 6.45) is 30.2. The zero-order valence-electron chi connectivity index (χ0n) is 34.7. The molecule has 0 heterocycles. The summed E-state index contributed by atoms with van der Waals surface area (Å²) in [5, 5.41) is 9.41. The highest BCUT2D eigenvalue weighted by atomic mass is 16.5. The minimum Gasteiger partial charge on any atom is -0.465 e. The van der Waals surface area contributed by atoms with Crippen molar-refractivity contribution in [1.29, 1.82) is 0 Å². The van der Waals surface area contributed by atoms with Crippen LogP contribution in [0, 0.1) is 16.7 Å². The van der Waals surface area contributed by atoms with Crippen LogP contribution >= 0.6 is 0 Å². The van der Waals surface area contributed by atoms with Crippen LogP contribution in [0.5, 0.6) is 0 Å². The Balaban J connectivity index is 4.09. The van der Waals surface area contributed by atoms with Gasteiger partial charge in [0.25, 0.3) is 0 Å². The van der Waals surface area contributed by atoms with Gasteiger partial charge >= 0.3 is 11.9 Å². The van der Waals surface area contributed by atoms with E-state index in [1.54, 1.807) is 0 Å². The zero-order chi connectivity index (χ0) is 37.4. The largest absolute Gasteiger partial charge is 0.465 e. The number of nitrogens with zero attached hydrogens (tertiary/aromatic N) is 1. The normalized spacial score (nSPS) is 12.3. The quantitative estimate of drug-likeness (QED) is 0.0511. The maximum absolute atomic E-state index is 12.8. The molecule has 0 aliphatic rings. The van der Waals surface area contributed by atoms with Gasteiger partial charge in [0.05, 0.1) is 24.0 Å². The smallest absolute Gasteiger partial charge is 0.311 e. The number of rotatable bonds is 37. The van der Waals surface area contributed by atoms with E-state index < -0.39 is 10.8 Å². The molecule has 0 spiro atoms. The van der Waals surface area contributed by atoms with Crippen LogP contribution in [0.25, 0.3) is 0 Å². The Labute approximate surface area is 312 Å². The molecular weight excluding hydrogens is 622 g/mol. The topological polar surface area (TPSA) is 76.1 Å². The summed E-state index contributed by atoms with van der Waals surface area (Å²) in [6.45, 7) is 19.4. The molecule has 0 amide bonds. The molecule has 50 heavy (non-hydrogen) atoms. The summed E-state index contributed by atoms with van der Waals surface area (Å²) >= 11 is 0. The minimum absolute atomic E-state index is 0.0372. The van der Waals surface area contributed by atoms with Gasteiger partial charge in [-0.3, -0.25) is 9.59 Å². The number of ether oxygens (including phenoxy) is 2. The predicted octanol–water partition coefficient (Wildman–Crippen LogP) is 12.2. The van der Waals surface area contributed by atoms with Gasteiger partial charge in [-0.05, 0) is 91.6 Å². The highest BCUT2D eigenvalue weighted by Gasteiger charge is 2.29. The van der Waals surface area contributed by atoms with Crippen molar-refractivity contribution >= 4 is 11.9 Å². The maximum atomic E-state index is 12.8. The van der Waals surface area contributed by atoms with Crippen molar-refractivity contribution in [3.05, 3.63) is 0 Å². The lowest BCUT2D eigenvalue weighted by molar-refractivity contribution is -0.155. The molecule has 0 atom stereocenters. The SMILES string of the molecule is CCCCCCCCCOC(=O)C(C)(C)CCCCCCN(CCCO)CCCCCCC(C)(C)C(=O)OCCCCCC(CCC)CCC. The Kier molecular flexibility index (Phi) is 31.8. The van der Waals surface area contributed by atoms with Crippen molar-refractivity contribution < 1.29 is 24.2 Å². The first-order valence-electron chi connectivity index (χ1n) is 21.7. The lowest BCUT2D eigenvalue weighted by Gasteiger charge is -2.24. The van der Waals surface area contributed by atoms with E-state index in [0.29, 0.717) is 13.2 Å². The molecule has 0 saturated carbocycles. The Morgan fingerprint density at radius 1 is 0.500 bits per heavy atom. The second kappa shape index (κ2) is 32.5. The Bertz CT molecular complexity index is 776. The second-order valence-electron chi connectivity index (χ2n) is 16.7. The van der Waals surface area contributed by atoms with Gasteiger partial charge in [0, 0.05) is 13.2 Å². The van der Waals surface area contributed by atoms with Gasteiger partial charge < -0.3 is 19.5 Å². The molecule has 0 bridgehead atoms. The van der Waals surface area contributed by atoms with Crippen LogP contribution < -0.4 is 0 Å². The van der Waals surface area contributed by atoms with Gasteiger partial charge in [-0.2, -0.15) is 0 Å². The van der Waals surface area contributed by atoms with E-state index in [9.17, 15) is 14.7 Å². The van der Waals surface area contributed by atoms with Crippen molar-refractivity contribution in [3.8, 4) is 0 Å².